The highest BCUT2D eigenvalue weighted by Crippen LogP contribution is 2.46. The zero-order chi connectivity index (χ0) is 18.6. The molecule has 1 fully saturated rings. The zero-order valence-electron chi connectivity index (χ0n) is 14.7. The first kappa shape index (κ1) is 19.1. The summed E-state index contributed by atoms with van der Waals surface area (Å²) in [7, 11) is 0. The van der Waals surface area contributed by atoms with Gasteiger partial charge in [-0.1, -0.05) is 30.3 Å². The Morgan fingerprint density at radius 3 is 2.24 bits per heavy atom. The highest BCUT2D eigenvalue weighted by atomic mass is 16.5. The SMILES string of the molecule is CCOC(=O)[C@H]1C(=O)C[C@@](C)(O)[C@H](C(=O)OCC)[C@@H]1c1ccccc1. The maximum atomic E-state index is 12.6. The van der Waals surface area contributed by atoms with E-state index >= 15 is 0 Å². The smallest absolute Gasteiger partial charge is 0.317 e. The first-order chi connectivity index (χ1) is 11.8. The van der Waals surface area contributed by atoms with Crippen LogP contribution >= 0.6 is 0 Å². The number of carbonyl (C=O) groups excluding carboxylic acids is 3. The quantitative estimate of drug-likeness (QED) is 0.645. The van der Waals surface area contributed by atoms with E-state index in [4.69, 9.17) is 9.47 Å². The molecule has 6 heteroatoms. The molecule has 0 amide bonds. The van der Waals surface area contributed by atoms with E-state index in [-0.39, 0.29) is 19.6 Å². The molecule has 136 valence electrons. The highest BCUT2D eigenvalue weighted by molar-refractivity contribution is 6.02. The van der Waals surface area contributed by atoms with Crippen molar-refractivity contribution in [3.05, 3.63) is 35.9 Å². The van der Waals surface area contributed by atoms with Crippen molar-refractivity contribution in [3.63, 3.8) is 0 Å². The minimum absolute atomic E-state index is 0.130. The van der Waals surface area contributed by atoms with Crippen LogP contribution in [-0.2, 0) is 23.9 Å². The first-order valence-corrected chi connectivity index (χ1v) is 8.46. The molecule has 1 aromatic rings. The molecule has 1 saturated carbocycles. The van der Waals surface area contributed by atoms with Gasteiger partial charge in [0, 0.05) is 12.3 Å². The van der Waals surface area contributed by atoms with Gasteiger partial charge in [-0.05, 0) is 26.3 Å². The molecule has 0 aromatic heterocycles. The molecule has 4 atom stereocenters. The van der Waals surface area contributed by atoms with Gasteiger partial charge in [0.15, 0.2) is 5.78 Å². The van der Waals surface area contributed by atoms with E-state index < -0.39 is 41.1 Å². The van der Waals surface area contributed by atoms with Crippen molar-refractivity contribution in [2.24, 2.45) is 11.8 Å². The lowest BCUT2D eigenvalue weighted by atomic mass is 9.62. The number of hydrogen-bond acceptors (Lipinski definition) is 6. The lowest BCUT2D eigenvalue weighted by molar-refractivity contribution is -0.172. The second-order valence-corrected chi connectivity index (χ2v) is 6.40. The Labute approximate surface area is 147 Å². The number of aliphatic hydroxyl groups is 1. The molecule has 0 radical (unpaired) electrons. The fourth-order valence-corrected chi connectivity index (χ4v) is 3.55. The lowest BCUT2D eigenvalue weighted by Crippen LogP contribution is -2.55. The van der Waals surface area contributed by atoms with Gasteiger partial charge in [-0.25, -0.2) is 0 Å². The third-order valence-corrected chi connectivity index (χ3v) is 4.53. The Balaban J connectivity index is 2.57. The van der Waals surface area contributed by atoms with E-state index in [1.54, 1.807) is 44.2 Å². The molecule has 25 heavy (non-hydrogen) atoms. The number of rotatable bonds is 5. The zero-order valence-corrected chi connectivity index (χ0v) is 14.7. The largest absolute Gasteiger partial charge is 0.466 e. The van der Waals surface area contributed by atoms with E-state index in [1.807, 2.05) is 0 Å². The van der Waals surface area contributed by atoms with E-state index in [0.29, 0.717) is 5.56 Å². The molecule has 1 aliphatic rings. The number of esters is 2. The summed E-state index contributed by atoms with van der Waals surface area (Å²) in [4.78, 5) is 37.7. The summed E-state index contributed by atoms with van der Waals surface area (Å²) in [5.41, 5.74) is -0.987. The number of ketones is 1. The Hall–Kier alpha value is -2.21. The highest BCUT2D eigenvalue weighted by Gasteiger charge is 2.57. The van der Waals surface area contributed by atoms with Crippen molar-refractivity contribution in [1.29, 1.82) is 0 Å². The summed E-state index contributed by atoms with van der Waals surface area (Å²) in [6, 6.07) is 8.78. The molecule has 0 saturated heterocycles. The molecule has 0 bridgehead atoms. The van der Waals surface area contributed by atoms with Gasteiger partial charge in [-0.2, -0.15) is 0 Å². The fourth-order valence-electron chi connectivity index (χ4n) is 3.55. The van der Waals surface area contributed by atoms with Gasteiger partial charge in [-0.15, -0.1) is 0 Å². The third-order valence-electron chi connectivity index (χ3n) is 4.53. The van der Waals surface area contributed by atoms with Gasteiger partial charge >= 0.3 is 11.9 Å². The van der Waals surface area contributed by atoms with Crippen LogP contribution in [0, 0.1) is 11.8 Å². The first-order valence-electron chi connectivity index (χ1n) is 8.46. The van der Waals surface area contributed by atoms with Crippen LogP contribution in [0.1, 0.15) is 38.7 Å². The number of benzene rings is 1. The van der Waals surface area contributed by atoms with Gasteiger partial charge in [-0.3, -0.25) is 14.4 Å². The molecule has 2 rings (SSSR count). The van der Waals surface area contributed by atoms with Gasteiger partial charge < -0.3 is 14.6 Å². The molecule has 0 heterocycles. The summed E-state index contributed by atoms with van der Waals surface area (Å²) >= 11 is 0. The lowest BCUT2D eigenvalue weighted by Gasteiger charge is -2.43. The monoisotopic (exact) mass is 348 g/mol. The minimum atomic E-state index is -1.60. The van der Waals surface area contributed by atoms with Gasteiger partial charge in [0.1, 0.15) is 5.92 Å². The summed E-state index contributed by atoms with van der Waals surface area (Å²) in [5.74, 6) is -4.75. The maximum Gasteiger partial charge on any atom is 0.317 e. The van der Waals surface area contributed by atoms with Crippen LogP contribution in [0.5, 0.6) is 0 Å². The molecule has 6 nitrogen and oxygen atoms in total. The summed E-state index contributed by atoms with van der Waals surface area (Å²) in [6.07, 6.45) is -0.302. The second kappa shape index (κ2) is 7.78. The Morgan fingerprint density at radius 2 is 1.68 bits per heavy atom. The third kappa shape index (κ3) is 3.90. The molecular weight excluding hydrogens is 324 g/mol. The molecule has 1 aliphatic carbocycles. The van der Waals surface area contributed by atoms with E-state index in [0.717, 1.165) is 0 Å². The number of carbonyl (C=O) groups is 3. The molecule has 1 N–H and O–H groups in total. The van der Waals surface area contributed by atoms with Crippen LogP contribution < -0.4 is 0 Å². The van der Waals surface area contributed by atoms with Crippen LogP contribution in [0.25, 0.3) is 0 Å². The number of hydrogen-bond donors (Lipinski definition) is 1. The van der Waals surface area contributed by atoms with E-state index in [1.165, 1.54) is 6.92 Å². The van der Waals surface area contributed by atoms with Gasteiger partial charge in [0.25, 0.3) is 0 Å². The number of ether oxygens (including phenoxy) is 2. The van der Waals surface area contributed by atoms with E-state index in [9.17, 15) is 19.5 Å². The molecule has 0 aliphatic heterocycles. The van der Waals surface area contributed by atoms with Crippen LogP contribution in [0.2, 0.25) is 0 Å². The molecule has 1 aromatic carbocycles. The van der Waals surface area contributed by atoms with E-state index in [2.05, 4.69) is 0 Å². The van der Waals surface area contributed by atoms with Crippen molar-refractivity contribution in [3.8, 4) is 0 Å². The fraction of sp³-hybridized carbons (Fsp3) is 0.526. The predicted molar refractivity (Wildman–Crippen MR) is 89.7 cm³/mol. The van der Waals surface area contributed by atoms with Crippen molar-refractivity contribution < 1.29 is 29.0 Å². The number of Topliss-reactive ketones (excluding diaryl/α,β-unsaturated/α-hetero) is 1. The average Bonchev–Trinajstić information content (AvgIpc) is 2.54. The standard InChI is InChI=1S/C19H24O6/c1-4-24-17(21)15-13(20)11-19(3,23)16(18(22)25-5-2)14(15)12-9-7-6-8-10-12/h6-10,14-16,23H,4-5,11H2,1-3H3/t14-,15+,16+,19-/m1/s1. The molecule has 0 spiro atoms. The predicted octanol–water partition coefficient (Wildman–Crippen LogP) is 1.85. The van der Waals surface area contributed by atoms with Crippen LogP contribution in [-0.4, -0.2) is 41.6 Å². The normalized spacial score (nSPS) is 29.1. The second-order valence-electron chi connectivity index (χ2n) is 6.40. The van der Waals surface area contributed by atoms with Crippen molar-refractivity contribution in [2.45, 2.75) is 38.7 Å². The van der Waals surface area contributed by atoms with Crippen molar-refractivity contribution in [2.75, 3.05) is 13.2 Å². The van der Waals surface area contributed by atoms with Crippen LogP contribution in [0.3, 0.4) is 0 Å². The minimum Gasteiger partial charge on any atom is -0.466 e. The molecular formula is C19H24O6. The summed E-state index contributed by atoms with van der Waals surface area (Å²) < 4.78 is 10.2. The maximum absolute atomic E-state index is 12.6. The molecule has 0 unspecified atom stereocenters. The average molecular weight is 348 g/mol. The Bertz CT molecular complexity index is 637. The Morgan fingerprint density at radius 1 is 1.12 bits per heavy atom. The summed E-state index contributed by atoms with van der Waals surface area (Å²) in [5, 5.41) is 10.8. The van der Waals surface area contributed by atoms with Gasteiger partial charge in [0.05, 0.1) is 24.7 Å². The summed E-state index contributed by atoms with van der Waals surface area (Å²) in [6.45, 7) is 5.03. The van der Waals surface area contributed by atoms with Crippen molar-refractivity contribution >= 4 is 17.7 Å². The van der Waals surface area contributed by atoms with Crippen LogP contribution in [0.4, 0.5) is 0 Å². The van der Waals surface area contributed by atoms with Gasteiger partial charge in [0.2, 0.25) is 0 Å². The Kier molecular flexibility index (Phi) is 5.95. The van der Waals surface area contributed by atoms with Crippen LogP contribution in [0.15, 0.2) is 30.3 Å². The van der Waals surface area contributed by atoms with Crippen molar-refractivity contribution in [1.82, 2.24) is 0 Å². The topological polar surface area (TPSA) is 89.9 Å².